The van der Waals surface area contributed by atoms with Crippen LogP contribution in [0.4, 0.5) is 14.5 Å². The molecule has 0 bridgehead atoms. The van der Waals surface area contributed by atoms with Crippen molar-refractivity contribution in [3.8, 4) is 0 Å². The zero-order valence-corrected chi connectivity index (χ0v) is 14.1. The summed E-state index contributed by atoms with van der Waals surface area (Å²) in [5.74, 6) is -2.57. The Hall–Kier alpha value is -2.03. The van der Waals surface area contributed by atoms with Crippen LogP contribution in [0.3, 0.4) is 0 Å². The Balaban J connectivity index is 2.05. The van der Waals surface area contributed by atoms with Crippen molar-refractivity contribution < 1.29 is 18.5 Å². The summed E-state index contributed by atoms with van der Waals surface area (Å²) in [5, 5.41) is 11.0. The standard InChI is InChI=1S/C15H15F2N3O3S/c1-7-10-6-15(10,14(21)19(2)3)24-13(18-7)9-4-8(20(22)23)5-11(16)12(9)17/h4-5,7,10H,6H2,1-3H3. The minimum Gasteiger partial charge on any atom is -0.348 e. The van der Waals surface area contributed by atoms with Crippen LogP contribution in [0.15, 0.2) is 17.1 Å². The smallest absolute Gasteiger partial charge is 0.273 e. The number of carbonyl (C=O) groups excluding carboxylic acids is 1. The third-order valence-corrected chi connectivity index (χ3v) is 5.89. The van der Waals surface area contributed by atoms with Gasteiger partial charge < -0.3 is 4.90 Å². The summed E-state index contributed by atoms with van der Waals surface area (Å²) in [6.45, 7) is 1.81. The number of halogens is 2. The van der Waals surface area contributed by atoms with Gasteiger partial charge >= 0.3 is 0 Å². The second-order valence-corrected chi connectivity index (χ2v) is 7.54. The molecular weight excluding hydrogens is 340 g/mol. The average Bonchev–Trinajstić information content (AvgIpc) is 3.25. The molecule has 0 spiro atoms. The largest absolute Gasteiger partial charge is 0.348 e. The van der Waals surface area contributed by atoms with E-state index >= 15 is 0 Å². The number of nitro groups is 1. The number of nitrogens with zero attached hydrogens (tertiary/aromatic N) is 3. The molecule has 128 valence electrons. The maximum atomic E-state index is 14.2. The highest BCUT2D eigenvalue weighted by Crippen LogP contribution is 2.61. The summed E-state index contributed by atoms with van der Waals surface area (Å²) >= 11 is 1.07. The first-order valence-electron chi connectivity index (χ1n) is 7.29. The molecule has 1 heterocycles. The van der Waals surface area contributed by atoms with E-state index in [2.05, 4.69) is 4.99 Å². The summed E-state index contributed by atoms with van der Waals surface area (Å²) in [4.78, 5) is 28.4. The van der Waals surface area contributed by atoms with Crippen molar-refractivity contribution >= 4 is 28.4 Å². The predicted molar refractivity (Wildman–Crippen MR) is 86.1 cm³/mol. The van der Waals surface area contributed by atoms with Gasteiger partial charge in [0.05, 0.1) is 22.6 Å². The molecule has 1 amide bonds. The molecule has 3 unspecified atom stereocenters. The molecule has 0 radical (unpaired) electrons. The Kier molecular flexibility index (Phi) is 3.86. The maximum absolute atomic E-state index is 14.2. The molecule has 3 atom stereocenters. The minimum atomic E-state index is -1.30. The first kappa shape index (κ1) is 16.8. The van der Waals surface area contributed by atoms with Crippen LogP contribution in [-0.2, 0) is 4.79 Å². The molecule has 1 aromatic rings. The maximum Gasteiger partial charge on any atom is 0.273 e. The first-order chi connectivity index (χ1) is 11.2. The van der Waals surface area contributed by atoms with E-state index in [0.29, 0.717) is 12.5 Å². The molecule has 1 saturated carbocycles. The fourth-order valence-corrected chi connectivity index (χ4v) is 4.75. The number of benzene rings is 1. The first-order valence-corrected chi connectivity index (χ1v) is 8.11. The molecule has 0 N–H and O–H groups in total. The zero-order chi connectivity index (χ0) is 17.8. The van der Waals surface area contributed by atoms with Crippen molar-refractivity contribution in [3.05, 3.63) is 39.4 Å². The molecule has 3 rings (SSSR count). The van der Waals surface area contributed by atoms with Crippen LogP contribution in [0, 0.1) is 27.7 Å². The monoisotopic (exact) mass is 355 g/mol. The highest BCUT2D eigenvalue weighted by molar-refractivity contribution is 8.16. The van der Waals surface area contributed by atoms with Crippen LogP contribution in [0.25, 0.3) is 0 Å². The number of hydrogen-bond acceptors (Lipinski definition) is 5. The fraction of sp³-hybridized carbons (Fsp3) is 0.467. The van der Waals surface area contributed by atoms with Crippen molar-refractivity contribution in [2.45, 2.75) is 24.1 Å². The van der Waals surface area contributed by atoms with Gasteiger partial charge in [0, 0.05) is 26.1 Å². The normalized spacial score (nSPS) is 28.0. The second kappa shape index (κ2) is 5.51. The van der Waals surface area contributed by atoms with Gasteiger partial charge in [-0.1, -0.05) is 11.8 Å². The van der Waals surface area contributed by atoms with Gasteiger partial charge in [-0.2, -0.15) is 0 Å². The highest BCUT2D eigenvalue weighted by Gasteiger charge is 2.65. The second-order valence-electron chi connectivity index (χ2n) is 6.22. The Bertz CT molecular complexity index is 783. The minimum absolute atomic E-state index is 0.0350. The Morgan fingerprint density at radius 1 is 1.46 bits per heavy atom. The lowest BCUT2D eigenvalue weighted by Crippen LogP contribution is -2.39. The molecule has 1 aliphatic heterocycles. The number of aliphatic imine (C=N–C) groups is 1. The summed E-state index contributed by atoms with van der Waals surface area (Å²) < 4.78 is 27.2. The molecular formula is C15H15F2N3O3S. The highest BCUT2D eigenvalue weighted by atomic mass is 32.2. The molecule has 0 saturated heterocycles. The molecule has 0 aromatic heterocycles. The van der Waals surface area contributed by atoms with Crippen LogP contribution < -0.4 is 0 Å². The summed E-state index contributed by atoms with van der Waals surface area (Å²) in [6.07, 6.45) is 0.599. The van der Waals surface area contributed by atoms with Crippen molar-refractivity contribution in [3.63, 3.8) is 0 Å². The molecule has 9 heteroatoms. The fourth-order valence-electron chi connectivity index (χ4n) is 3.05. The number of rotatable bonds is 3. The van der Waals surface area contributed by atoms with E-state index in [0.717, 1.165) is 17.8 Å². The molecule has 24 heavy (non-hydrogen) atoms. The number of hydrogen-bond donors (Lipinski definition) is 0. The van der Waals surface area contributed by atoms with Crippen LogP contribution in [-0.4, -0.2) is 45.7 Å². The van der Waals surface area contributed by atoms with Crippen molar-refractivity contribution in [1.29, 1.82) is 0 Å². The number of amides is 1. The van der Waals surface area contributed by atoms with E-state index in [9.17, 15) is 23.7 Å². The average molecular weight is 355 g/mol. The predicted octanol–water partition coefficient (Wildman–Crippen LogP) is 2.60. The molecule has 1 aromatic carbocycles. The number of fused-ring (bicyclic) bond motifs is 1. The Labute approximate surface area is 141 Å². The van der Waals surface area contributed by atoms with E-state index < -0.39 is 27.0 Å². The van der Waals surface area contributed by atoms with Gasteiger partial charge in [-0.3, -0.25) is 19.9 Å². The third kappa shape index (κ3) is 2.47. The summed E-state index contributed by atoms with van der Waals surface area (Å²) in [5.41, 5.74) is -0.819. The van der Waals surface area contributed by atoms with Gasteiger partial charge in [-0.15, -0.1) is 0 Å². The number of thioether (sulfide) groups is 1. The van der Waals surface area contributed by atoms with E-state index in [1.165, 1.54) is 4.90 Å². The lowest BCUT2D eigenvalue weighted by molar-refractivity contribution is -0.385. The number of nitro benzene ring substituents is 1. The van der Waals surface area contributed by atoms with Crippen molar-refractivity contribution in [2.24, 2.45) is 10.9 Å². The van der Waals surface area contributed by atoms with Gasteiger partial charge in [0.1, 0.15) is 9.79 Å². The molecule has 6 nitrogen and oxygen atoms in total. The van der Waals surface area contributed by atoms with E-state index in [-0.39, 0.29) is 28.5 Å². The van der Waals surface area contributed by atoms with Crippen LogP contribution in [0.2, 0.25) is 0 Å². The van der Waals surface area contributed by atoms with Gasteiger partial charge in [-0.25, -0.2) is 8.78 Å². The van der Waals surface area contributed by atoms with Crippen molar-refractivity contribution in [2.75, 3.05) is 14.1 Å². The number of non-ortho nitro benzene ring substituents is 1. The van der Waals surface area contributed by atoms with E-state index in [1.54, 1.807) is 21.0 Å². The SMILES string of the molecule is CC1N=C(c2cc([N+](=O)[O-])cc(F)c2F)SC2(C(=O)N(C)C)CC12. The topological polar surface area (TPSA) is 75.8 Å². The van der Waals surface area contributed by atoms with Gasteiger partial charge in [0.25, 0.3) is 5.69 Å². The van der Waals surface area contributed by atoms with Crippen LogP contribution >= 0.6 is 11.8 Å². The molecule has 1 aliphatic carbocycles. The Morgan fingerprint density at radius 3 is 2.71 bits per heavy atom. The van der Waals surface area contributed by atoms with Crippen LogP contribution in [0.5, 0.6) is 0 Å². The van der Waals surface area contributed by atoms with Crippen molar-refractivity contribution in [1.82, 2.24) is 4.90 Å². The summed E-state index contributed by atoms with van der Waals surface area (Å²) in [6, 6.07) is 1.26. The van der Waals surface area contributed by atoms with Gasteiger partial charge in [-0.05, 0) is 13.3 Å². The quantitative estimate of drug-likeness (QED) is 0.617. The van der Waals surface area contributed by atoms with Gasteiger partial charge in [0.2, 0.25) is 5.91 Å². The van der Waals surface area contributed by atoms with Gasteiger partial charge in [0.15, 0.2) is 11.6 Å². The van der Waals surface area contributed by atoms with E-state index in [4.69, 9.17) is 0 Å². The third-order valence-electron chi connectivity index (χ3n) is 4.37. The lowest BCUT2D eigenvalue weighted by Gasteiger charge is -2.27. The molecule has 1 fully saturated rings. The lowest BCUT2D eigenvalue weighted by atomic mass is 10.1. The number of carbonyl (C=O) groups is 1. The zero-order valence-electron chi connectivity index (χ0n) is 13.2. The summed E-state index contributed by atoms with van der Waals surface area (Å²) in [7, 11) is 3.27. The van der Waals surface area contributed by atoms with Crippen LogP contribution in [0.1, 0.15) is 18.9 Å². The Morgan fingerprint density at radius 2 is 2.12 bits per heavy atom. The van der Waals surface area contributed by atoms with E-state index in [1.807, 2.05) is 0 Å². The molecule has 2 aliphatic rings.